The molecule has 1 heterocycles. The Kier molecular flexibility index (Phi) is 4.76. The van der Waals surface area contributed by atoms with Crippen molar-refractivity contribution in [2.24, 2.45) is 0 Å². The Hall–Kier alpha value is -1.71. The average molecular weight is 316 g/mol. The number of sulfonamides is 1. The van der Waals surface area contributed by atoms with E-state index in [1.807, 2.05) is 0 Å². The molecule has 1 aromatic rings. The minimum atomic E-state index is -3.81. The first kappa shape index (κ1) is 15.7. The molecule has 1 aliphatic heterocycles. The van der Waals surface area contributed by atoms with E-state index in [4.69, 9.17) is 9.47 Å². The molecule has 1 atom stereocenters. The van der Waals surface area contributed by atoms with Crippen LogP contribution in [0, 0.1) is 10.1 Å². The number of benzene rings is 1. The predicted molar refractivity (Wildman–Crippen MR) is 73.8 cm³/mol. The lowest BCUT2D eigenvalue weighted by Crippen LogP contribution is -2.32. The Morgan fingerprint density at radius 1 is 1.52 bits per heavy atom. The summed E-state index contributed by atoms with van der Waals surface area (Å²) >= 11 is 0. The second-order valence-corrected chi connectivity index (χ2v) is 6.31. The molecule has 1 fully saturated rings. The summed E-state index contributed by atoms with van der Waals surface area (Å²) in [4.78, 5) is 9.95. The van der Waals surface area contributed by atoms with E-state index in [2.05, 4.69) is 4.72 Å². The number of nitro groups is 1. The van der Waals surface area contributed by atoms with Crippen molar-refractivity contribution >= 4 is 15.7 Å². The van der Waals surface area contributed by atoms with Crippen molar-refractivity contribution in [2.75, 3.05) is 20.3 Å². The van der Waals surface area contributed by atoms with Gasteiger partial charge in [0.05, 0.1) is 24.2 Å². The molecule has 2 rings (SSSR count). The second kappa shape index (κ2) is 6.37. The normalized spacial score (nSPS) is 18.6. The third-order valence-electron chi connectivity index (χ3n) is 3.17. The molecule has 1 aliphatic rings. The van der Waals surface area contributed by atoms with E-state index in [0.717, 1.165) is 31.0 Å². The predicted octanol–water partition coefficient (Wildman–Crippen LogP) is 1.06. The van der Waals surface area contributed by atoms with Gasteiger partial charge < -0.3 is 9.47 Å². The van der Waals surface area contributed by atoms with Gasteiger partial charge >= 0.3 is 0 Å². The van der Waals surface area contributed by atoms with Crippen molar-refractivity contribution in [1.82, 2.24) is 4.72 Å². The van der Waals surface area contributed by atoms with Gasteiger partial charge in [-0.3, -0.25) is 10.1 Å². The third-order valence-corrected chi connectivity index (χ3v) is 4.64. The molecule has 1 aromatic carbocycles. The smallest absolute Gasteiger partial charge is 0.273 e. The quantitative estimate of drug-likeness (QED) is 0.621. The lowest BCUT2D eigenvalue weighted by Gasteiger charge is -2.13. The molecular formula is C12H16N2O6S. The topological polar surface area (TPSA) is 108 Å². The van der Waals surface area contributed by atoms with E-state index in [0.29, 0.717) is 6.61 Å². The number of hydrogen-bond donors (Lipinski definition) is 1. The molecule has 1 saturated heterocycles. The summed E-state index contributed by atoms with van der Waals surface area (Å²) in [5.41, 5.74) is -0.232. The molecule has 0 aliphatic carbocycles. The number of methoxy groups -OCH3 is 1. The number of nitro benzene ring substituents is 1. The number of non-ortho nitro benzene ring substituents is 1. The van der Waals surface area contributed by atoms with E-state index >= 15 is 0 Å². The highest BCUT2D eigenvalue weighted by Gasteiger charge is 2.24. The van der Waals surface area contributed by atoms with Crippen molar-refractivity contribution in [2.45, 2.75) is 23.8 Å². The molecule has 9 heteroatoms. The minimum Gasteiger partial charge on any atom is -0.495 e. The van der Waals surface area contributed by atoms with Gasteiger partial charge in [0.1, 0.15) is 10.6 Å². The maximum absolute atomic E-state index is 12.2. The van der Waals surface area contributed by atoms with Crippen molar-refractivity contribution in [3.8, 4) is 5.75 Å². The summed E-state index contributed by atoms with van der Waals surface area (Å²) in [6.07, 6.45) is 1.58. The Morgan fingerprint density at radius 2 is 2.29 bits per heavy atom. The van der Waals surface area contributed by atoms with Crippen molar-refractivity contribution in [3.05, 3.63) is 28.3 Å². The molecule has 0 radical (unpaired) electrons. The Morgan fingerprint density at radius 3 is 2.86 bits per heavy atom. The number of nitrogens with zero attached hydrogens (tertiary/aromatic N) is 1. The van der Waals surface area contributed by atoms with E-state index in [9.17, 15) is 18.5 Å². The van der Waals surface area contributed by atoms with Crippen LogP contribution in [-0.2, 0) is 14.8 Å². The summed E-state index contributed by atoms with van der Waals surface area (Å²) in [7, 11) is -2.55. The molecule has 8 nitrogen and oxygen atoms in total. The van der Waals surface area contributed by atoms with Gasteiger partial charge in [-0.15, -0.1) is 0 Å². The fourth-order valence-electron chi connectivity index (χ4n) is 2.08. The Bertz CT molecular complexity index is 625. The number of ether oxygens (including phenoxy) is 2. The minimum absolute atomic E-state index is 0.0657. The highest BCUT2D eigenvalue weighted by atomic mass is 32.2. The highest BCUT2D eigenvalue weighted by molar-refractivity contribution is 7.89. The molecule has 0 amide bonds. The zero-order valence-corrected chi connectivity index (χ0v) is 12.3. The van der Waals surface area contributed by atoms with Crippen LogP contribution in [0.1, 0.15) is 12.8 Å². The van der Waals surface area contributed by atoms with Gasteiger partial charge in [-0.05, 0) is 18.9 Å². The van der Waals surface area contributed by atoms with Crippen LogP contribution in [0.25, 0.3) is 0 Å². The Balaban J connectivity index is 2.20. The van der Waals surface area contributed by atoms with Crippen LogP contribution >= 0.6 is 0 Å². The standard InChI is InChI=1S/C12H16N2O6S/c1-19-11-7-9(14(15)16)4-5-12(11)21(17,18)13-8-10-3-2-6-20-10/h4-5,7,10,13H,2-3,6,8H2,1H3/t10-/m0/s1. The van der Waals surface area contributed by atoms with E-state index in [-0.39, 0.29) is 29.0 Å². The van der Waals surface area contributed by atoms with Gasteiger partial charge in [0, 0.05) is 19.2 Å². The van der Waals surface area contributed by atoms with Crippen molar-refractivity contribution < 1.29 is 22.8 Å². The van der Waals surface area contributed by atoms with Crippen LogP contribution in [-0.4, -0.2) is 39.7 Å². The Labute approximate surface area is 122 Å². The molecule has 0 aromatic heterocycles. The van der Waals surface area contributed by atoms with E-state index in [1.165, 1.54) is 7.11 Å². The van der Waals surface area contributed by atoms with Gasteiger partial charge in [0.25, 0.3) is 5.69 Å². The fourth-order valence-corrected chi connectivity index (χ4v) is 3.29. The summed E-state index contributed by atoms with van der Waals surface area (Å²) in [5, 5.41) is 10.7. The molecule has 116 valence electrons. The molecule has 0 unspecified atom stereocenters. The van der Waals surface area contributed by atoms with Crippen LogP contribution in [0.2, 0.25) is 0 Å². The van der Waals surface area contributed by atoms with Crippen LogP contribution in [0.15, 0.2) is 23.1 Å². The van der Waals surface area contributed by atoms with Gasteiger partial charge in [-0.25, -0.2) is 13.1 Å². The zero-order chi connectivity index (χ0) is 15.5. The summed E-state index contributed by atoms with van der Waals surface area (Å²) in [6.45, 7) is 0.801. The third kappa shape index (κ3) is 3.69. The van der Waals surface area contributed by atoms with Crippen LogP contribution < -0.4 is 9.46 Å². The lowest BCUT2D eigenvalue weighted by atomic mass is 10.2. The SMILES string of the molecule is COc1cc([N+](=O)[O-])ccc1S(=O)(=O)NC[C@@H]1CCCO1. The first-order chi connectivity index (χ1) is 9.94. The second-order valence-electron chi connectivity index (χ2n) is 4.58. The number of hydrogen-bond acceptors (Lipinski definition) is 6. The molecule has 0 bridgehead atoms. The summed E-state index contributed by atoms with van der Waals surface area (Å²) in [6, 6.07) is 3.37. The van der Waals surface area contributed by atoms with E-state index < -0.39 is 14.9 Å². The maximum atomic E-state index is 12.2. The van der Waals surface area contributed by atoms with Gasteiger partial charge in [-0.2, -0.15) is 0 Å². The highest BCUT2D eigenvalue weighted by Crippen LogP contribution is 2.28. The zero-order valence-electron chi connectivity index (χ0n) is 11.4. The number of nitrogens with one attached hydrogen (secondary N) is 1. The van der Waals surface area contributed by atoms with Crippen LogP contribution in [0.4, 0.5) is 5.69 Å². The summed E-state index contributed by atoms with van der Waals surface area (Å²) in [5.74, 6) is -0.0657. The van der Waals surface area contributed by atoms with Gasteiger partial charge in [0.2, 0.25) is 10.0 Å². The maximum Gasteiger partial charge on any atom is 0.273 e. The largest absolute Gasteiger partial charge is 0.495 e. The monoisotopic (exact) mass is 316 g/mol. The van der Waals surface area contributed by atoms with Crippen molar-refractivity contribution in [3.63, 3.8) is 0 Å². The van der Waals surface area contributed by atoms with E-state index in [1.54, 1.807) is 0 Å². The van der Waals surface area contributed by atoms with Crippen LogP contribution in [0.5, 0.6) is 5.75 Å². The average Bonchev–Trinajstić information content (AvgIpc) is 2.97. The molecule has 0 saturated carbocycles. The van der Waals surface area contributed by atoms with Crippen molar-refractivity contribution in [1.29, 1.82) is 0 Å². The molecular weight excluding hydrogens is 300 g/mol. The first-order valence-electron chi connectivity index (χ1n) is 6.38. The number of rotatable bonds is 6. The fraction of sp³-hybridized carbons (Fsp3) is 0.500. The van der Waals surface area contributed by atoms with Gasteiger partial charge in [-0.1, -0.05) is 0 Å². The first-order valence-corrected chi connectivity index (χ1v) is 7.86. The molecule has 0 spiro atoms. The summed E-state index contributed by atoms with van der Waals surface area (Å²) < 4.78 is 37.2. The van der Waals surface area contributed by atoms with Crippen LogP contribution in [0.3, 0.4) is 0 Å². The molecule has 1 N–H and O–H groups in total. The van der Waals surface area contributed by atoms with Gasteiger partial charge in [0.15, 0.2) is 0 Å². The lowest BCUT2D eigenvalue weighted by molar-refractivity contribution is -0.385. The molecule has 21 heavy (non-hydrogen) atoms.